The number of carbonyl (C=O) groups excluding carboxylic acids is 2. The Morgan fingerprint density at radius 3 is 2.32 bits per heavy atom. The fraction of sp³-hybridized carbons (Fsp3) is 0.417. The Labute approximate surface area is 201 Å². The summed E-state index contributed by atoms with van der Waals surface area (Å²) in [5.41, 5.74) is -1.19. The van der Waals surface area contributed by atoms with E-state index in [-0.39, 0.29) is 58.1 Å². The third-order valence-corrected chi connectivity index (χ3v) is 9.68. The lowest BCUT2D eigenvalue weighted by atomic mass is 9.72. The molecule has 0 aliphatic heterocycles. The summed E-state index contributed by atoms with van der Waals surface area (Å²) >= 11 is 6.22. The normalized spacial score (nSPS) is 26.3. The zero-order chi connectivity index (χ0) is 24.8. The molecule has 2 aromatic carbocycles. The quantitative estimate of drug-likeness (QED) is 0.593. The summed E-state index contributed by atoms with van der Waals surface area (Å²) in [5, 5.41) is 12.7. The van der Waals surface area contributed by atoms with Crippen LogP contribution in [0.3, 0.4) is 0 Å². The molecule has 2 aromatic rings. The molecule has 2 bridgehead atoms. The molecule has 2 aliphatic rings. The molecule has 0 spiro atoms. The van der Waals surface area contributed by atoms with Crippen LogP contribution in [0.2, 0.25) is 5.02 Å². The highest BCUT2D eigenvalue weighted by Gasteiger charge is 2.55. The maximum atomic E-state index is 13.5. The average molecular weight is 512 g/mol. The summed E-state index contributed by atoms with van der Waals surface area (Å²) in [4.78, 5) is 24.1. The van der Waals surface area contributed by atoms with Gasteiger partial charge in [0, 0.05) is 23.7 Å². The number of rotatable bonds is 6. The van der Waals surface area contributed by atoms with Crippen molar-refractivity contribution >= 4 is 38.8 Å². The van der Waals surface area contributed by atoms with Crippen molar-refractivity contribution in [2.24, 2.45) is 11.8 Å². The molecule has 34 heavy (non-hydrogen) atoms. The molecular weight excluding hydrogens is 488 g/mol. The van der Waals surface area contributed by atoms with Gasteiger partial charge in [-0.3, -0.25) is 9.59 Å². The predicted octanol–water partition coefficient (Wildman–Crippen LogP) is 4.54. The van der Waals surface area contributed by atoms with Gasteiger partial charge in [-0.2, -0.15) is 0 Å². The number of amides is 1. The molecule has 1 amide bonds. The van der Waals surface area contributed by atoms with Crippen molar-refractivity contribution in [3.8, 4) is 0 Å². The van der Waals surface area contributed by atoms with Crippen molar-refractivity contribution in [3.05, 3.63) is 58.6 Å². The number of sulfone groups is 1. The summed E-state index contributed by atoms with van der Waals surface area (Å²) in [5.74, 6) is -3.66. The molecule has 2 aliphatic carbocycles. The number of nitrogens with one attached hydrogen (secondary N) is 1. The molecule has 6 nitrogen and oxygen atoms in total. The maximum absolute atomic E-state index is 13.5. The summed E-state index contributed by atoms with van der Waals surface area (Å²) in [6.07, 6.45) is 1.69. The highest BCUT2D eigenvalue weighted by Crippen LogP contribution is 2.53. The van der Waals surface area contributed by atoms with Crippen molar-refractivity contribution in [3.63, 3.8) is 0 Å². The van der Waals surface area contributed by atoms with E-state index in [1.54, 1.807) is 0 Å². The molecule has 0 radical (unpaired) electrons. The summed E-state index contributed by atoms with van der Waals surface area (Å²) in [7, 11) is -3.96. The Bertz CT molecular complexity index is 1250. The van der Waals surface area contributed by atoms with Gasteiger partial charge in [-0.15, -0.1) is 0 Å². The Morgan fingerprint density at radius 1 is 1.09 bits per heavy atom. The third-order valence-electron chi connectivity index (χ3n) is 7.02. The number of hydrogen-bond donors (Lipinski definition) is 2. The molecule has 2 atom stereocenters. The largest absolute Gasteiger partial charge is 0.389 e. The zero-order valence-electron chi connectivity index (χ0n) is 18.4. The first-order valence-electron chi connectivity index (χ1n) is 10.9. The number of hydrogen-bond acceptors (Lipinski definition) is 5. The number of Topliss-reactive ketones (excluding diaryl/α,β-unsaturated/α-hetero) is 1. The van der Waals surface area contributed by atoms with E-state index in [0.717, 1.165) is 12.1 Å². The number of aliphatic hydroxyl groups is 1. The van der Waals surface area contributed by atoms with Crippen LogP contribution < -0.4 is 5.32 Å². The number of halogens is 3. The molecule has 182 valence electrons. The van der Waals surface area contributed by atoms with Crippen LogP contribution in [0.1, 0.15) is 49.4 Å². The first-order valence-corrected chi connectivity index (χ1v) is 12.9. The molecule has 4 rings (SSSR count). The molecule has 0 saturated heterocycles. The third kappa shape index (κ3) is 4.48. The number of fused-ring (bicyclic) bond motifs is 2. The minimum absolute atomic E-state index is 0.00942. The minimum atomic E-state index is -3.96. The molecule has 10 heteroatoms. The van der Waals surface area contributed by atoms with E-state index in [0.29, 0.717) is 12.8 Å². The van der Waals surface area contributed by atoms with Crippen LogP contribution in [0.25, 0.3) is 0 Å². The predicted molar refractivity (Wildman–Crippen MR) is 122 cm³/mol. The standard InChI is InChI=1S/C24H24ClF2NO5S/c1-13(29)12-24(31)15-3-4-16(24)10-18(9-15)34(32,33)22-8-14(2-6-19(22)25)23(30)28-17-5-7-20(26)21(27)11-17/h2,5-8,11,15-16,18,31H,3-4,9-10,12H2,1H3,(H,28,30). The van der Waals surface area contributed by atoms with Crippen LogP contribution in [0, 0.1) is 23.5 Å². The molecule has 0 heterocycles. The lowest BCUT2D eigenvalue weighted by Crippen LogP contribution is -2.49. The SMILES string of the molecule is CC(=O)CC1(O)C2CCC1CC(S(=O)(=O)c1cc(C(=O)Nc3ccc(F)c(F)c3)ccc1Cl)C2. The summed E-state index contributed by atoms with van der Waals surface area (Å²) in [6.45, 7) is 1.41. The average Bonchev–Trinajstić information content (AvgIpc) is 2.92. The van der Waals surface area contributed by atoms with Gasteiger partial charge in [0.1, 0.15) is 5.78 Å². The van der Waals surface area contributed by atoms with Crippen LogP contribution in [0.4, 0.5) is 14.5 Å². The highest BCUT2D eigenvalue weighted by atomic mass is 35.5. The van der Waals surface area contributed by atoms with Crippen molar-refractivity contribution in [1.82, 2.24) is 0 Å². The molecule has 2 N–H and O–H groups in total. The molecule has 2 fully saturated rings. The van der Waals surface area contributed by atoms with Crippen LogP contribution >= 0.6 is 11.6 Å². The van der Waals surface area contributed by atoms with Gasteiger partial charge in [0.25, 0.3) is 5.91 Å². The Morgan fingerprint density at radius 2 is 1.74 bits per heavy atom. The van der Waals surface area contributed by atoms with Gasteiger partial charge in [0.05, 0.1) is 20.8 Å². The summed E-state index contributed by atoms with van der Waals surface area (Å²) in [6, 6.07) is 6.69. The van der Waals surface area contributed by atoms with Gasteiger partial charge in [-0.1, -0.05) is 11.6 Å². The van der Waals surface area contributed by atoms with Gasteiger partial charge in [-0.05, 0) is 74.8 Å². The fourth-order valence-corrected chi connectivity index (χ4v) is 7.77. The first-order chi connectivity index (χ1) is 15.9. The van der Waals surface area contributed by atoms with Crippen LogP contribution in [0.5, 0.6) is 0 Å². The van der Waals surface area contributed by atoms with E-state index in [4.69, 9.17) is 11.6 Å². The van der Waals surface area contributed by atoms with Crippen LogP contribution in [0.15, 0.2) is 41.3 Å². The van der Waals surface area contributed by atoms with Crippen molar-refractivity contribution in [2.45, 2.75) is 54.8 Å². The van der Waals surface area contributed by atoms with Gasteiger partial charge in [0.15, 0.2) is 21.5 Å². The fourth-order valence-electron chi connectivity index (χ4n) is 5.37. The molecule has 2 saturated carbocycles. The lowest BCUT2D eigenvalue weighted by Gasteiger charge is -2.42. The Kier molecular flexibility index (Phi) is 6.56. The van der Waals surface area contributed by atoms with Gasteiger partial charge >= 0.3 is 0 Å². The zero-order valence-corrected chi connectivity index (χ0v) is 19.9. The molecule has 2 unspecified atom stereocenters. The second kappa shape index (κ2) is 9.02. The van der Waals surface area contributed by atoms with Crippen LogP contribution in [-0.4, -0.2) is 36.1 Å². The monoisotopic (exact) mass is 511 g/mol. The van der Waals surface area contributed by atoms with Crippen molar-refractivity contribution < 1.29 is 31.9 Å². The van der Waals surface area contributed by atoms with Crippen LogP contribution in [-0.2, 0) is 14.6 Å². The smallest absolute Gasteiger partial charge is 0.255 e. The van der Waals surface area contributed by atoms with Gasteiger partial charge in [0.2, 0.25) is 0 Å². The van der Waals surface area contributed by atoms with E-state index in [1.165, 1.54) is 31.2 Å². The Balaban J connectivity index is 1.58. The van der Waals surface area contributed by atoms with E-state index in [9.17, 15) is 31.9 Å². The number of anilines is 1. The van der Waals surface area contributed by atoms with E-state index in [2.05, 4.69) is 5.32 Å². The second-order valence-electron chi connectivity index (χ2n) is 9.21. The van der Waals surface area contributed by atoms with Crippen molar-refractivity contribution in [2.75, 3.05) is 5.32 Å². The van der Waals surface area contributed by atoms with Gasteiger partial charge in [-0.25, -0.2) is 17.2 Å². The van der Waals surface area contributed by atoms with Gasteiger partial charge < -0.3 is 10.4 Å². The maximum Gasteiger partial charge on any atom is 0.255 e. The van der Waals surface area contributed by atoms with E-state index < -0.39 is 38.2 Å². The highest BCUT2D eigenvalue weighted by molar-refractivity contribution is 7.92. The lowest BCUT2D eigenvalue weighted by molar-refractivity contribution is -0.128. The first kappa shape index (κ1) is 24.8. The molecule has 0 aromatic heterocycles. The number of carbonyl (C=O) groups is 2. The number of benzene rings is 2. The Hall–Kier alpha value is -2.36. The van der Waals surface area contributed by atoms with E-state index >= 15 is 0 Å². The second-order valence-corrected chi connectivity index (χ2v) is 11.8. The summed E-state index contributed by atoms with van der Waals surface area (Å²) < 4.78 is 53.6. The molecular formula is C24H24ClF2NO5S. The van der Waals surface area contributed by atoms with E-state index in [1.807, 2.05) is 0 Å². The van der Waals surface area contributed by atoms with Crippen molar-refractivity contribution in [1.29, 1.82) is 0 Å². The topological polar surface area (TPSA) is 101 Å². The number of ketones is 1. The minimum Gasteiger partial charge on any atom is -0.389 e.